The van der Waals surface area contributed by atoms with Crippen molar-refractivity contribution in [2.24, 2.45) is 0 Å². The van der Waals surface area contributed by atoms with Crippen LogP contribution >= 0.6 is 11.8 Å². The van der Waals surface area contributed by atoms with Gasteiger partial charge in [0.1, 0.15) is 5.60 Å². The van der Waals surface area contributed by atoms with E-state index in [0.717, 1.165) is 37.1 Å². The third kappa shape index (κ3) is 5.68. The molecule has 32 heavy (non-hydrogen) atoms. The molecular weight excluding hydrogens is 430 g/mol. The fourth-order valence-corrected chi connectivity index (χ4v) is 4.72. The lowest BCUT2D eigenvalue weighted by Gasteiger charge is -2.26. The van der Waals surface area contributed by atoms with Gasteiger partial charge < -0.3 is 18.9 Å². The highest BCUT2D eigenvalue weighted by Gasteiger charge is 2.26. The van der Waals surface area contributed by atoms with Crippen LogP contribution in [0.3, 0.4) is 0 Å². The number of hydrogen-bond acceptors (Lipinski definition) is 8. The molecule has 3 rings (SSSR count). The predicted octanol–water partition coefficient (Wildman–Crippen LogP) is 4.91. The van der Waals surface area contributed by atoms with Crippen molar-refractivity contribution in [1.29, 1.82) is 0 Å². The topological polar surface area (TPSA) is 84.7 Å². The molecule has 1 aromatic heterocycles. The van der Waals surface area contributed by atoms with Crippen molar-refractivity contribution >= 4 is 17.7 Å². The number of carbonyl (C=O) groups excluding carboxylic acids is 1. The maximum Gasteiger partial charge on any atom is 0.316 e. The molecule has 176 valence electrons. The number of aromatic nitrogens is 3. The molecule has 0 bridgehead atoms. The van der Waals surface area contributed by atoms with E-state index in [4.69, 9.17) is 18.9 Å². The van der Waals surface area contributed by atoms with Gasteiger partial charge in [-0.25, -0.2) is 0 Å². The van der Waals surface area contributed by atoms with Crippen molar-refractivity contribution in [2.45, 2.75) is 69.7 Å². The number of esters is 1. The summed E-state index contributed by atoms with van der Waals surface area (Å²) in [5.74, 6) is 2.28. The summed E-state index contributed by atoms with van der Waals surface area (Å²) < 4.78 is 24.1. The summed E-state index contributed by atoms with van der Waals surface area (Å²) in [6, 6.07) is 4.04. The maximum absolute atomic E-state index is 12.3. The molecule has 2 aromatic rings. The standard InChI is InChI=1S/C23H33N3O5S/c1-23(2,3)31-19(27)14-32-22-25-24-21(26(22)16-10-8-7-9-11-16)15-12-17(28-4)20(30-6)18(13-15)29-5/h12-13,16H,7-11,14H2,1-6H3. The summed E-state index contributed by atoms with van der Waals surface area (Å²) in [7, 11) is 4.76. The van der Waals surface area contributed by atoms with Gasteiger partial charge in [0.2, 0.25) is 5.75 Å². The van der Waals surface area contributed by atoms with Crippen LogP contribution in [-0.4, -0.2) is 53.4 Å². The van der Waals surface area contributed by atoms with Gasteiger partial charge in [0.05, 0.1) is 27.1 Å². The highest BCUT2D eigenvalue weighted by atomic mass is 32.2. The number of thioether (sulfide) groups is 1. The molecule has 0 unspecified atom stereocenters. The number of carbonyl (C=O) groups is 1. The van der Waals surface area contributed by atoms with E-state index in [1.165, 1.54) is 18.2 Å². The van der Waals surface area contributed by atoms with E-state index in [-0.39, 0.29) is 17.8 Å². The summed E-state index contributed by atoms with van der Waals surface area (Å²) >= 11 is 1.36. The molecule has 0 saturated heterocycles. The van der Waals surface area contributed by atoms with Crippen molar-refractivity contribution in [1.82, 2.24) is 14.8 Å². The Labute approximate surface area is 194 Å². The first-order valence-electron chi connectivity index (χ1n) is 10.9. The molecular formula is C23H33N3O5S. The Morgan fingerprint density at radius 3 is 2.19 bits per heavy atom. The predicted molar refractivity (Wildman–Crippen MR) is 124 cm³/mol. The van der Waals surface area contributed by atoms with E-state index in [9.17, 15) is 4.79 Å². The molecule has 0 radical (unpaired) electrons. The Morgan fingerprint density at radius 2 is 1.66 bits per heavy atom. The second-order valence-corrected chi connectivity index (χ2v) is 9.70. The zero-order chi connectivity index (χ0) is 23.3. The third-order valence-electron chi connectivity index (χ3n) is 5.27. The van der Waals surface area contributed by atoms with E-state index in [1.54, 1.807) is 21.3 Å². The monoisotopic (exact) mass is 463 g/mol. The minimum absolute atomic E-state index is 0.178. The molecule has 1 aliphatic rings. The van der Waals surface area contributed by atoms with E-state index in [0.29, 0.717) is 22.4 Å². The normalized spacial score (nSPS) is 14.8. The average molecular weight is 464 g/mol. The Hall–Kier alpha value is -2.42. The first-order valence-corrected chi connectivity index (χ1v) is 11.9. The number of ether oxygens (including phenoxy) is 4. The first-order chi connectivity index (χ1) is 15.3. The molecule has 0 spiro atoms. The van der Waals surface area contributed by atoms with E-state index in [2.05, 4.69) is 14.8 Å². The maximum atomic E-state index is 12.3. The molecule has 0 aliphatic heterocycles. The number of hydrogen-bond donors (Lipinski definition) is 0. The summed E-state index contributed by atoms with van der Waals surface area (Å²) in [6.07, 6.45) is 5.66. The molecule has 1 aliphatic carbocycles. The Bertz CT molecular complexity index is 907. The molecule has 0 atom stereocenters. The smallest absolute Gasteiger partial charge is 0.316 e. The van der Waals surface area contributed by atoms with Gasteiger partial charge in [0.15, 0.2) is 22.5 Å². The van der Waals surface area contributed by atoms with Gasteiger partial charge in [-0.15, -0.1) is 10.2 Å². The van der Waals surface area contributed by atoms with Crippen LogP contribution in [0.1, 0.15) is 58.9 Å². The van der Waals surface area contributed by atoms with E-state index in [1.807, 2.05) is 32.9 Å². The van der Waals surface area contributed by atoms with Crippen LogP contribution < -0.4 is 14.2 Å². The van der Waals surface area contributed by atoms with Gasteiger partial charge in [-0.2, -0.15) is 0 Å². The minimum atomic E-state index is -0.518. The minimum Gasteiger partial charge on any atom is -0.493 e. The summed E-state index contributed by atoms with van der Waals surface area (Å²) in [5.41, 5.74) is 0.303. The lowest BCUT2D eigenvalue weighted by atomic mass is 9.95. The number of nitrogens with zero attached hydrogens (tertiary/aromatic N) is 3. The van der Waals surface area contributed by atoms with Crippen molar-refractivity contribution in [3.8, 4) is 28.6 Å². The van der Waals surface area contributed by atoms with Crippen LogP contribution in [0.5, 0.6) is 17.2 Å². The van der Waals surface area contributed by atoms with Crippen molar-refractivity contribution in [3.63, 3.8) is 0 Å². The van der Waals surface area contributed by atoms with Crippen LogP contribution in [0.15, 0.2) is 17.3 Å². The van der Waals surface area contributed by atoms with Crippen molar-refractivity contribution in [3.05, 3.63) is 12.1 Å². The highest BCUT2D eigenvalue weighted by Crippen LogP contribution is 2.43. The van der Waals surface area contributed by atoms with Gasteiger partial charge in [-0.3, -0.25) is 9.36 Å². The average Bonchev–Trinajstić information content (AvgIpc) is 3.20. The Kier molecular flexibility index (Phi) is 7.92. The molecule has 1 heterocycles. The Balaban J connectivity index is 1.98. The fourth-order valence-electron chi connectivity index (χ4n) is 3.95. The van der Waals surface area contributed by atoms with Gasteiger partial charge in [-0.1, -0.05) is 31.0 Å². The first kappa shape index (κ1) is 24.2. The zero-order valence-corrected chi connectivity index (χ0v) is 20.6. The highest BCUT2D eigenvalue weighted by molar-refractivity contribution is 7.99. The van der Waals surface area contributed by atoms with E-state index < -0.39 is 5.60 Å². The molecule has 1 aromatic carbocycles. The van der Waals surface area contributed by atoms with Crippen molar-refractivity contribution in [2.75, 3.05) is 27.1 Å². The van der Waals surface area contributed by atoms with Crippen molar-refractivity contribution < 1.29 is 23.7 Å². The van der Waals surface area contributed by atoms with Crippen LogP contribution in [0.2, 0.25) is 0 Å². The third-order valence-corrected chi connectivity index (χ3v) is 6.18. The molecule has 1 saturated carbocycles. The Morgan fingerprint density at radius 1 is 1.03 bits per heavy atom. The van der Waals surface area contributed by atoms with Crippen LogP contribution in [-0.2, 0) is 9.53 Å². The summed E-state index contributed by atoms with van der Waals surface area (Å²) in [6.45, 7) is 5.59. The van der Waals surface area contributed by atoms with Gasteiger partial charge >= 0.3 is 5.97 Å². The van der Waals surface area contributed by atoms with Gasteiger partial charge in [-0.05, 0) is 45.7 Å². The molecule has 8 nitrogen and oxygen atoms in total. The fraction of sp³-hybridized carbons (Fsp3) is 0.609. The number of rotatable bonds is 8. The molecule has 1 fully saturated rings. The lowest BCUT2D eigenvalue weighted by molar-refractivity contribution is -0.151. The lowest BCUT2D eigenvalue weighted by Crippen LogP contribution is -2.25. The zero-order valence-electron chi connectivity index (χ0n) is 19.8. The van der Waals surface area contributed by atoms with E-state index >= 15 is 0 Å². The van der Waals surface area contributed by atoms with Crippen LogP contribution in [0.4, 0.5) is 0 Å². The second-order valence-electron chi connectivity index (χ2n) is 8.76. The summed E-state index contributed by atoms with van der Waals surface area (Å²) in [5, 5.41) is 9.67. The largest absolute Gasteiger partial charge is 0.493 e. The molecule has 0 N–H and O–H groups in total. The quantitative estimate of drug-likeness (QED) is 0.403. The van der Waals surface area contributed by atoms with Gasteiger partial charge in [0.25, 0.3) is 0 Å². The second kappa shape index (κ2) is 10.5. The van der Waals surface area contributed by atoms with Crippen LogP contribution in [0, 0.1) is 0 Å². The molecule has 0 amide bonds. The van der Waals surface area contributed by atoms with Gasteiger partial charge in [0, 0.05) is 11.6 Å². The van der Waals surface area contributed by atoms with Crippen LogP contribution in [0.25, 0.3) is 11.4 Å². The molecule has 9 heteroatoms. The number of methoxy groups -OCH3 is 3. The number of benzene rings is 1. The SMILES string of the molecule is COc1cc(-c2nnc(SCC(=O)OC(C)(C)C)n2C2CCCCC2)cc(OC)c1OC. The summed E-state index contributed by atoms with van der Waals surface area (Å²) in [4.78, 5) is 12.3.